The lowest BCUT2D eigenvalue weighted by Gasteiger charge is -2.21. The summed E-state index contributed by atoms with van der Waals surface area (Å²) in [6, 6.07) is 18.9. The van der Waals surface area contributed by atoms with Crippen LogP contribution in [-0.4, -0.2) is 25.0 Å². The third kappa shape index (κ3) is 3.59. The molecule has 30 heavy (non-hydrogen) atoms. The van der Waals surface area contributed by atoms with Crippen molar-refractivity contribution in [2.75, 3.05) is 19.5 Å². The lowest BCUT2D eigenvalue weighted by atomic mass is 9.96. The number of aromatic amines is 1. The topological polar surface area (TPSA) is 63.3 Å². The number of fused-ring (bicyclic) bond motifs is 1. The monoisotopic (exact) mass is 404 g/mol. The van der Waals surface area contributed by atoms with Crippen molar-refractivity contribution in [2.45, 2.75) is 6.04 Å². The Hall–Kier alpha value is -3.80. The summed E-state index contributed by atoms with van der Waals surface area (Å²) in [5.41, 5.74) is 2.23. The van der Waals surface area contributed by atoms with Gasteiger partial charge in [-0.3, -0.25) is 4.79 Å². The Labute approximate surface area is 173 Å². The zero-order chi connectivity index (χ0) is 21.1. The molecule has 1 heterocycles. The number of para-hydroxylation sites is 1. The molecule has 0 saturated carbocycles. The van der Waals surface area contributed by atoms with Gasteiger partial charge in [-0.1, -0.05) is 48.5 Å². The van der Waals surface area contributed by atoms with E-state index in [1.807, 2.05) is 54.6 Å². The standard InChI is InChI=1S/C24H21FN2O3/c1-29-16-12-20(22(25)21(13-16)30-2)27-23(15-8-4-3-5-9-15)24(28)18-14-26-19-11-7-6-10-17(18)19/h3-14,23,26-27H,1-2H3. The molecule has 0 fully saturated rings. The van der Waals surface area contributed by atoms with E-state index in [1.54, 1.807) is 6.20 Å². The predicted octanol–water partition coefficient (Wildman–Crippen LogP) is 5.36. The average Bonchev–Trinajstić information content (AvgIpc) is 3.22. The van der Waals surface area contributed by atoms with Gasteiger partial charge in [0.25, 0.3) is 0 Å². The molecule has 1 aromatic heterocycles. The minimum absolute atomic E-state index is 0.0307. The first-order valence-electron chi connectivity index (χ1n) is 9.45. The number of carbonyl (C=O) groups excluding carboxylic acids is 1. The summed E-state index contributed by atoms with van der Waals surface area (Å²) in [6.07, 6.45) is 1.69. The molecule has 1 atom stereocenters. The number of ether oxygens (including phenoxy) is 2. The molecule has 0 radical (unpaired) electrons. The number of hydrogen-bond acceptors (Lipinski definition) is 4. The molecule has 4 aromatic rings. The highest BCUT2D eigenvalue weighted by molar-refractivity contribution is 6.11. The Morgan fingerprint density at radius 3 is 2.47 bits per heavy atom. The van der Waals surface area contributed by atoms with Crippen molar-refractivity contribution in [3.63, 3.8) is 0 Å². The van der Waals surface area contributed by atoms with Crippen molar-refractivity contribution in [1.82, 2.24) is 4.98 Å². The van der Waals surface area contributed by atoms with Crippen LogP contribution in [0.4, 0.5) is 10.1 Å². The van der Waals surface area contributed by atoms with Crippen LogP contribution in [0.15, 0.2) is 72.9 Å². The maximum absolute atomic E-state index is 15.0. The number of methoxy groups -OCH3 is 2. The Bertz CT molecular complexity index is 1190. The first-order valence-corrected chi connectivity index (χ1v) is 9.45. The zero-order valence-electron chi connectivity index (χ0n) is 16.6. The Morgan fingerprint density at radius 1 is 1.00 bits per heavy atom. The van der Waals surface area contributed by atoms with E-state index in [2.05, 4.69) is 10.3 Å². The zero-order valence-corrected chi connectivity index (χ0v) is 16.6. The van der Waals surface area contributed by atoms with Crippen LogP contribution >= 0.6 is 0 Å². The van der Waals surface area contributed by atoms with Crippen LogP contribution in [-0.2, 0) is 0 Å². The van der Waals surface area contributed by atoms with Crippen LogP contribution in [0.5, 0.6) is 11.5 Å². The van der Waals surface area contributed by atoms with Crippen molar-refractivity contribution < 1.29 is 18.7 Å². The quantitative estimate of drug-likeness (QED) is 0.407. The third-order valence-electron chi connectivity index (χ3n) is 5.02. The van der Waals surface area contributed by atoms with E-state index in [0.29, 0.717) is 16.9 Å². The summed E-state index contributed by atoms with van der Waals surface area (Å²) in [6.45, 7) is 0. The van der Waals surface area contributed by atoms with E-state index < -0.39 is 11.9 Å². The van der Waals surface area contributed by atoms with Crippen molar-refractivity contribution in [1.29, 1.82) is 0 Å². The number of H-pyrrole nitrogens is 1. The summed E-state index contributed by atoms with van der Waals surface area (Å²) < 4.78 is 25.3. The third-order valence-corrected chi connectivity index (χ3v) is 5.02. The molecule has 0 aliphatic heterocycles. The highest BCUT2D eigenvalue weighted by Gasteiger charge is 2.26. The molecule has 0 aliphatic rings. The summed E-state index contributed by atoms with van der Waals surface area (Å²) in [5, 5.41) is 3.88. The van der Waals surface area contributed by atoms with Crippen LogP contribution in [0, 0.1) is 5.82 Å². The SMILES string of the molecule is COc1cc(NC(C(=O)c2c[nH]c3ccccc23)c2ccccc2)c(F)c(OC)c1. The first kappa shape index (κ1) is 19.5. The molecule has 0 amide bonds. The number of hydrogen-bond donors (Lipinski definition) is 2. The number of halogens is 1. The Balaban J connectivity index is 1.80. The van der Waals surface area contributed by atoms with Gasteiger partial charge >= 0.3 is 0 Å². The van der Waals surface area contributed by atoms with Crippen LogP contribution in [0.25, 0.3) is 10.9 Å². The van der Waals surface area contributed by atoms with E-state index in [1.165, 1.54) is 26.4 Å². The number of aromatic nitrogens is 1. The molecule has 4 rings (SSSR count). The molecule has 152 valence electrons. The van der Waals surface area contributed by atoms with Gasteiger partial charge in [0.05, 0.1) is 19.9 Å². The molecule has 3 aromatic carbocycles. The lowest BCUT2D eigenvalue weighted by Crippen LogP contribution is -2.22. The van der Waals surface area contributed by atoms with Crippen molar-refractivity contribution in [3.05, 3.63) is 89.9 Å². The van der Waals surface area contributed by atoms with Crippen molar-refractivity contribution >= 4 is 22.4 Å². The van der Waals surface area contributed by atoms with E-state index in [4.69, 9.17) is 9.47 Å². The molecule has 1 unspecified atom stereocenters. The van der Waals surface area contributed by atoms with Gasteiger partial charge in [-0.05, 0) is 11.6 Å². The van der Waals surface area contributed by atoms with Crippen LogP contribution in [0.3, 0.4) is 0 Å². The number of carbonyl (C=O) groups is 1. The van der Waals surface area contributed by atoms with Crippen LogP contribution < -0.4 is 14.8 Å². The van der Waals surface area contributed by atoms with Gasteiger partial charge in [0.2, 0.25) is 0 Å². The number of rotatable bonds is 7. The second-order valence-electron chi connectivity index (χ2n) is 6.79. The van der Waals surface area contributed by atoms with E-state index in [0.717, 1.165) is 10.9 Å². The second kappa shape index (κ2) is 8.29. The van der Waals surface area contributed by atoms with E-state index in [-0.39, 0.29) is 17.2 Å². The molecular formula is C24H21FN2O3. The van der Waals surface area contributed by atoms with Gasteiger partial charge in [0.15, 0.2) is 17.3 Å². The summed E-state index contributed by atoms with van der Waals surface area (Å²) in [4.78, 5) is 16.7. The predicted molar refractivity (Wildman–Crippen MR) is 115 cm³/mol. The van der Waals surface area contributed by atoms with Crippen LogP contribution in [0.2, 0.25) is 0 Å². The molecule has 0 aliphatic carbocycles. The van der Waals surface area contributed by atoms with Crippen molar-refractivity contribution in [3.8, 4) is 11.5 Å². The molecule has 5 nitrogen and oxygen atoms in total. The number of benzene rings is 3. The molecule has 2 N–H and O–H groups in total. The largest absolute Gasteiger partial charge is 0.497 e. The van der Waals surface area contributed by atoms with Gasteiger partial charge in [-0.2, -0.15) is 0 Å². The first-order chi connectivity index (χ1) is 14.6. The minimum atomic E-state index is -0.809. The highest BCUT2D eigenvalue weighted by Crippen LogP contribution is 2.34. The van der Waals surface area contributed by atoms with E-state index >= 15 is 0 Å². The van der Waals surface area contributed by atoms with E-state index in [9.17, 15) is 9.18 Å². The van der Waals surface area contributed by atoms with Gasteiger partial charge in [-0.25, -0.2) is 4.39 Å². The van der Waals surface area contributed by atoms with Crippen LogP contribution in [0.1, 0.15) is 22.0 Å². The highest BCUT2D eigenvalue weighted by atomic mass is 19.1. The minimum Gasteiger partial charge on any atom is -0.497 e. The Morgan fingerprint density at radius 2 is 1.73 bits per heavy atom. The molecule has 0 bridgehead atoms. The fraction of sp³-hybridized carbons (Fsp3) is 0.125. The maximum Gasteiger partial charge on any atom is 0.191 e. The number of anilines is 1. The fourth-order valence-corrected chi connectivity index (χ4v) is 3.48. The number of nitrogens with one attached hydrogen (secondary N) is 2. The van der Waals surface area contributed by atoms with Gasteiger partial charge < -0.3 is 19.8 Å². The number of ketones is 1. The lowest BCUT2D eigenvalue weighted by molar-refractivity contribution is 0.0971. The smallest absolute Gasteiger partial charge is 0.191 e. The second-order valence-corrected chi connectivity index (χ2v) is 6.79. The molecule has 0 saturated heterocycles. The van der Waals surface area contributed by atoms with Crippen molar-refractivity contribution in [2.24, 2.45) is 0 Å². The maximum atomic E-state index is 15.0. The molecule has 0 spiro atoms. The van der Waals surface area contributed by atoms with Gasteiger partial charge in [0, 0.05) is 34.8 Å². The number of Topliss-reactive ketones (excluding diaryl/α,β-unsaturated/α-hetero) is 1. The average molecular weight is 404 g/mol. The Kier molecular flexibility index (Phi) is 5.39. The summed E-state index contributed by atoms with van der Waals surface area (Å²) >= 11 is 0. The summed E-state index contributed by atoms with van der Waals surface area (Å²) in [5.74, 6) is -0.323. The van der Waals surface area contributed by atoms with Gasteiger partial charge in [-0.15, -0.1) is 0 Å². The van der Waals surface area contributed by atoms with Gasteiger partial charge in [0.1, 0.15) is 11.8 Å². The fourth-order valence-electron chi connectivity index (χ4n) is 3.48. The molecule has 6 heteroatoms. The normalized spacial score (nSPS) is 11.8. The summed E-state index contributed by atoms with van der Waals surface area (Å²) in [7, 11) is 2.87. The molecular weight excluding hydrogens is 383 g/mol.